The van der Waals surface area contributed by atoms with Gasteiger partial charge in [0, 0.05) is 6.20 Å². The molecule has 64 valence electrons. The van der Waals surface area contributed by atoms with Crippen molar-refractivity contribution in [3.05, 3.63) is 36.2 Å². The second kappa shape index (κ2) is 3.05. The van der Waals surface area contributed by atoms with Crippen LogP contribution in [0, 0.1) is 0 Å². The molecular weight excluding hydrogens is 163 g/mol. The molecule has 0 spiro atoms. The van der Waals surface area contributed by atoms with E-state index in [1.54, 1.807) is 10.7 Å². The van der Waals surface area contributed by atoms with Crippen LogP contribution in [0.2, 0.25) is 6.32 Å². The van der Waals surface area contributed by atoms with Crippen molar-refractivity contribution in [1.82, 2.24) is 9.61 Å². The van der Waals surface area contributed by atoms with Gasteiger partial charge in [-0.05, 0) is 18.5 Å². The zero-order valence-corrected chi connectivity index (χ0v) is 7.40. The summed E-state index contributed by atoms with van der Waals surface area (Å²) in [6.07, 6.45) is 3.99. The number of hydrogen-bond acceptors (Lipinski definition) is 2. The van der Waals surface area contributed by atoms with Gasteiger partial charge < -0.3 is 0 Å². The number of aromatic nitrogens is 2. The molecule has 0 aliphatic heterocycles. The highest BCUT2D eigenvalue weighted by atomic mass is 16.1. The van der Waals surface area contributed by atoms with Gasteiger partial charge in [0.2, 0.25) is 0 Å². The summed E-state index contributed by atoms with van der Waals surface area (Å²) in [5.41, 5.74) is 1.59. The van der Waals surface area contributed by atoms with Crippen molar-refractivity contribution < 1.29 is 4.79 Å². The van der Waals surface area contributed by atoms with E-state index >= 15 is 0 Å². The maximum atomic E-state index is 11.4. The highest BCUT2D eigenvalue weighted by Gasteiger charge is 2.08. The van der Waals surface area contributed by atoms with Gasteiger partial charge in [-0.25, -0.2) is 4.52 Å². The summed E-state index contributed by atoms with van der Waals surface area (Å²) in [4.78, 5) is 11.4. The van der Waals surface area contributed by atoms with E-state index in [4.69, 9.17) is 0 Å². The Bertz CT molecular complexity index is 450. The number of nitrogens with zero attached hydrogens (tertiary/aromatic N) is 2. The standard InChI is InChI=1S/C9H9BN2O/c10-5-9(13)7-6-11-12-4-2-1-3-8(7)12/h1-4,6H,5,10H2. The van der Waals surface area contributed by atoms with E-state index in [1.165, 1.54) is 0 Å². The van der Waals surface area contributed by atoms with Crippen LogP contribution in [-0.2, 0) is 0 Å². The molecule has 0 radical (unpaired) electrons. The van der Waals surface area contributed by atoms with Crippen LogP contribution >= 0.6 is 0 Å². The van der Waals surface area contributed by atoms with E-state index in [9.17, 15) is 4.79 Å². The molecule has 0 amide bonds. The normalized spacial score (nSPS) is 10.5. The van der Waals surface area contributed by atoms with Crippen molar-refractivity contribution in [2.45, 2.75) is 6.32 Å². The molecule has 2 aromatic rings. The van der Waals surface area contributed by atoms with Gasteiger partial charge in [0.25, 0.3) is 0 Å². The molecule has 2 heterocycles. The highest BCUT2D eigenvalue weighted by Crippen LogP contribution is 2.11. The quantitative estimate of drug-likeness (QED) is 0.490. The summed E-state index contributed by atoms with van der Waals surface area (Å²) in [5, 5.41) is 4.08. The number of fused-ring (bicyclic) bond motifs is 1. The van der Waals surface area contributed by atoms with Gasteiger partial charge in [0.15, 0.2) is 5.78 Å². The third-order valence-electron chi connectivity index (χ3n) is 2.05. The van der Waals surface area contributed by atoms with Gasteiger partial charge in [-0.15, -0.1) is 0 Å². The molecule has 2 rings (SSSR count). The summed E-state index contributed by atoms with van der Waals surface area (Å²) < 4.78 is 1.71. The summed E-state index contributed by atoms with van der Waals surface area (Å²) in [6.45, 7) is 0. The first-order valence-corrected chi connectivity index (χ1v) is 4.28. The Kier molecular flexibility index (Phi) is 1.89. The maximum Gasteiger partial charge on any atom is 0.158 e. The van der Waals surface area contributed by atoms with E-state index in [0.29, 0.717) is 11.9 Å². The van der Waals surface area contributed by atoms with Crippen LogP contribution in [-0.4, -0.2) is 23.2 Å². The number of hydrogen-bond donors (Lipinski definition) is 0. The lowest BCUT2D eigenvalue weighted by atomic mass is 9.97. The van der Waals surface area contributed by atoms with E-state index in [1.807, 2.05) is 32.2 Å². The Morgan fingerprint density at radius 2 is 2.38 bits per heavy atom. The van der Waals surface area contributed by atoms with Crippen LogP contribution in [0.3, 0.4) is 0 Å². The van der Waals surface area contributed by atoms with Crippen LogP contribution < -0.4 is 0 Å². The number of carbonyl (C=O) groups is 1. The first-order valence-electron chi connectivity index (χ1n) is 4.28. The Hall–Kier alpha value is -1.58. The molecule has 0 aromatic carbocycles. The number of carbonyl (C=O) groups excluding carboxylic acids is 1. The second-order valence-corrected chi connectivity index (χ2v) is 2.87. The zero-order chi connectivity index (χ0) is 9.26. The molecule has 0 saturated carbocycles. The van der Waals surface area contributed by atoms with Gasteiger partial charge in [0.05, 0.1) is 17.3 Å². The van der Waals surface area contributed by atoms with Crippen LogP contribution in [0.5, 0.6) is 0 Å². The van der Waals surface area contributed by atoms with Crippen molar-refractivity contribution in [2.24, 2.45) is 0 Å². The molecule has 0 aliphatic carbocycles. The van der Waals surface area contributed by atoms with Crippen molar-refractivity contribution in [3.8, 4) is 0 Å². The lowest BCUT2D eigenvalue weighted by Crippen LogP contribution is -1.96. The smallest absolute Gasteiger partial charge is 0.158 e. The first kappa shape index (κ1) is 8.04. The number of rotatable bonds is 2. The van der Waals surface area contributed by atoms with E-state index in [0.717, 1.165) is 5.52 Å². The highest BCUT2D eigenvalue weighted by molar-refractivity contribution is 6.25. The number of Topliss-reactive ketones (excluding diaryl/α,β-unsaturated/α-hetero) is 1. The summed E-state index contributed by atoms with van der Waals surface area (Å²) in [5.74, 6) is 0.140. The lowest BCUT2D eigenvalue weighted by Gasteiger charge is -1.94. The molecule has 4 heteroatoms. The predicted molar refractivity (Wildman–Crippen MR) is 52.9 cm³/mol. The SMILES string of the molecule is BCC(=O)c1cnn2ccccc12. The lowest BCUT2D eigenvalue weighted by molar-refractivity contribution is 0.101. The second-order valence-electron chi connectivity index (χ2n) is 2.87. The predicted octanol–water partition coefficient (Wildman–Crippen LogP) is 0.568. The molecule has 0 saturated heterocycles. The molecule has 0 atom stereocenters. The van der Waals surface area contributed by atoms with Crippen molar-refractivity contribution in [1.29, 1.82) is 0 Å². The third kappa shape index (κ3) is 1.24. The fourth-order valence-corrected chi connectivity index (χ4v) is 1.34. The Labute approximate surface area is 76.8 Å². The van der Waals surface area contributed by atoms with Crippen molar-refractivity contribution in [3.63, 3.8) is 0 Å². The maximum absolute atomic E-state index is 11.4. The fourth-order valence-electron chi connectivity index (χ4n) is 1.34. The summed E-state index contributed by atoms with van der Waals surface area (Å²) in [7, 11) is 1.86. The average Bonchev–Trinajstić information content (AvgIpc) is 2.60. The van der Waals surface area contributed by atoms with Crippen LogP contribution in [0.1, 0.15) is 10.4 Å². The van der Waals surface area contributed by atoms with Gasteiger partial charge >= 0.3 is 0 Å². The minimum absolute atomic E-state index is 0.140. The monoisotopic (exact) mass is 172 g/mol. The molecule has 3 nitrogen and oxygen atoms in total. The van der Waals surface area contributed by atoms with Crippen LogP contribution in [0.15, 0.2) is 30.6 Å². The van der Waals surface area contributed by atoms with E-state index in [-0.39, 0.29) is 5.78 Å². The molecule has 0 bridgehead atoms. The largest absolute Gasteiger partial charge is 0.295 e. The summed E-state index contributed by atoms with van der Waals surface area (Å²) >= 11 is 0. The topological polar surface area (TPSA) is 34.4 Å². The summed E-state index contributed by atoms with van der Waals surface area (Å²) in [6, 6.07) is 5.69. The van der Waals surface area contributed by atoms with Crippen molar-refractivity contribution in [2.75, 3.05) is 0 Å². The van der Waals surface area contributed by atoms with Gasteiger partial charge in [0.1, 0.15) is 7.85 Å². The molecule has 13 heavy (non-hydrogen) atoms. The Morgan fingerprint density at radius 3 is 3.15 bits per heavy atom. The van der Waals surface area contributed by atoms with E-state index in [2.05, 4.69) is 5.10 Å². The van der Waals surface area contributed by atoms with Gasteiger partial charge in [-0.3, -0.25) is 4.79 Å². The minimum Gasteiger partial charge on any atom is -0.295 e. The molecule has 0 aliphatic rings. The van der Waals surface area contributed by atoms with E-state index < -0.39 is 0 Å². The molecule has 0 N–H and O–H groups in total. The molecule has 0 fully saturated rings. The number of ketones is 1. The molecule has 2 aromatic heterocycles. The number of pyridine rings is 1. The van der Waals surface area contributed by atoms with Crippen LogP contribution in [0.25, 0.3) is 5.52 Å². The Morgan fingerprint density at radius 1 is 1.54 bits per heavy atom. The first-order chi connectivity index (χ1) is 6.33. The third-order valence-corrected chi connectivity index (χ3v) is 2.05. The van der Waals surface area contributed by atoms with Gasteiger partial charge in [-0.2, -0.15) is 5.10 Å². The molecular formula is C9H9BN2O. The fraction of sp³-hybridized carbons (Fsp3) is 0.111. The van der Waals surface area contributed by atoms with Gasteiger partial charge in [-0.1, -0.05) is 6.07 Å². The zero-order valence-electron chi connectivity index (χ0n) is 7.40. The van der Waals surface area contributed by atoms with Crippen LogP contribution in [0.4, 0.5) is 0 Å². The average molecular weight is 172 g/mol. The minimum atomic E-state index is 0.140. The Balaban J connectivity index is 2.64. The van der Waals surface area contributed by atoms with Crippen molar-refractivity contribution >= 4 is 19.1 Å². The molecule has 0 unspecified atom stereocenters.